The van der Waals surface area contributed by atoms with E-state index in [0.717, 1.165) is 0 Å². The first kappa shape index (κ1) is 26.4. The van der Waals surface area contributed by atoms with Crippen molar-refractivity contribution in [3.05, 3.63) is 130 Å². The minimum Gasteiger partial charge on any atom is -0.134 e. The van der Waals surface area contributed by atoms with E-state index in [1.165, 1.54) is 74.4 Å². The van der Waals surface area contributed by atoms with Gasteiger partial charge in [0.15, 0.2) is 8.07 Å². The molecule has 0 saturated heterocycles. The van der Waals surface area contributed by atoms with Crippen molar-refractivity contribution in [2.75, 3.05) is 0 Å². The van der Waals surface area contributed by atoms with E-state index >= 15 is 0 Å². The molecule has 0 bridgehead atoms. The summed E-state index contributed by atoms with van der Waals surface area (Å²) in [5.41, 5.74) is 10.9. The largest absolute Gasteiger partial charge is 0.182 e. The minimum atomic E-state index is -2.52. The molecule has 0 aliphatic carbocycles. The highest BCUT2D eigenvalue weighted by Gasteiger charge is 2.51. The van der Waals surface area contributed by atoms with E-state index in [1.807, 2.05) is 22.7 Å². The molecule has 0 radical (unpaired) electrons. The van der Waals surface area contributed by atoms with Gasteiger partial charge in [-0.25, -0.2) is 0 Å². The summed E-state index contributed by atoms with van der Waals surface area (Å²) in [5.74, 6) is 0. The second kappa shape index (κ2) is 9.80. The van der Waals surface area contributed by atoms with Gasteiger partial charge in [-0.2, -0.15) is 0 Å². The molecule has 3 heterocycles. The Labute approximate surface area is 253 Å². The van der Waals surface area contributed by atoms with Gasteiger partial charge in [-0.05, 0) is 108 Å². The first-order chi connectivity index (χ1) is 19.8. The van der Waals surface area contributed by atoms with Crippen molar-refractivity contribution in [1.29, 1.82) is 0 Å². The number of rotatable bonds is 4. The summed E-state index contributed by atoms with van der Waals surface area (Å²) in [6.07, 6.45) is 0. The normalized spacial score (nSPS) is 13.3. The maximum absolute atomic E-state index is 2.58. The lowest BCUT2D eigenvalue weighted by Crippen LogP contribution is -2.72. The van der Waals surface area contributed by atoms with Gasteiger partial charge >= 0.3 is 0 Å². The van der Waals surface area contributed by atoms with Crippen LogP contribution in [0.3, 0.4) is 0 Å². The second-order valence-electron chi connectivity index (χ2n) is 11.7. The van der Waals surface area contributed by atoms with Gasteiger partial charge in [0.2, 0.25) is 0 Å². The van der Waals surface area contributed by atoms with Gasteiger partial charge in [-0.15, -0.1) is 22.7 Å². The zero-order valence-corrected chi connectivity index (χ0v) is 27.2. The van der Waals surface area contributed by atoms with Crippen LogP contribution in [0.5, 0.6) is 0 Å². The Balaban J connectivity index is 1.58. The van der Waals surface area contributed by atoms with Crippen LogP contribution in [0.25, 0.3) is 30.6 Å². The Hall–Kier alpha value is -3.50. The molecule has 1 aliphatic heterocycles. The number of thiophene rings is 2. The minimum absolute atomic E-state index is 1.33. The lowest BCUT2D eigenvalue weighted by atomic mass is 9.99. The van der Waals surface area contributed by atoms with Crippen LogP contribution in [-0.4, -0.2) is 8.07 Å². The van der Waals surface area contributed by atoms with E-state index in [2.05, 4.69) is 139 Å². The maximum atomic E-state index is 2.58. The Morgan fingerprint density at radius 3 is 1.12 bits per heavy atom. The van der Waals surface area contributed by atoms with Gasteiger partial charge in [-0.3, -0.25) is 0 Å². The third-order valence-corrected chi connectivity index (χ3v) is 16.4. The van der Waals surface area contributed by atoms with E-state index < -0.39 is 8.07 Å². The van der Waals surface area contributed by atoms with Gasteiger partial charge in [0.1, 0.15) is 0 Å². The fraction of sp³-hybridized carbons (Fsp3) is 0.158. The van der Waals surface area contributed by atoms with Crippen molar-refractivity contribution in [2.45, 2.75) is 41.5 Å². The van der Waals surface area contributed by atoms with E-state index in [-0.39, 0.29) is 0 Å². The summed E-state index contributed by atoms with van der Waals surface area (Å²) in [4.78, 5) is 5.76. The highest BCUT2D eigenvalue weighted by molar-refractivity contribution is 7.35. The van der Waals surface area contributed by atoms with E-state index in [9.17, 15) is 0 Å². The van der Waals surface area contributed by atoms with Crippen molar-refractivity contribution < 1.29 is 0 Å². The Bertz CT molecular complexity index is 1750. The molecule has 0 unspecified atom stereocenters. The fourth-order valence-corrected chi connectivity index (χ4v) is 16.5. The summed E-state index contributed by atoms with van der Waals surface area (Å²) in [5, 5.41) is 6.04. The first-order valence-electron chi connectivity index (χ1n) is 14.4. The molecule has 1 aliphatic rings. The van der Waals surface area contributed by atoms with Crippen LogP contribution in [0.2, 0.25) is 0 Å². The summed E-state index contributed by atoms with van der Waals surface area (Å²) >= 11 is 4.02. The highest BCUT2D eigenvalue weighted by Crippen LogP contribution is 2.46. The standard InChI is InChI=1S/C38H34S2Si/c1-23-17-25(3)35(26(4)18-23)31-21-33-37(39-31)38-34(22-32(40-38)36-27(5)19-24(2)20-28(36)6)41(33,29-13-9-7-10-14-29)30-15-11-8-12-16-30/h7-22H,1-6H3. The van der Waals surface area contributed by atoms with Gasteiger partial charge in [0.05, 0.1) is 0 Å². The zero-order valence-electron chi connectivity index (χ0n) is 24.6. The van der Waals surface area contributed by atoms with Crippen molar-refractivity contribution in [3.8, 4) is 30.6 Å². The smallest absolute Gasteiger partial charge is 0.134 e. The van der Waals surface area contributed by atoms with Crippen molar-refractivity contribution in [1.82, 2.24) is 0 Å². The predicted molar refractivity (Wildman–Crippen MR) is 184 cm³/mol. The van der Waals surface area contributed by atoms with Crippen molar-refractivity contribution >= 4 is 51.5 Å². The summed E-state index contributed by atoms with van der Waals surface area (Å²) in [7, 11) is -2.52. The maximum Gasteiger partial charge on any atom is 0.182 e. The van der Waals surface area contributed by atoms with Gasteiger partial charge in [-0.1, -0.05) is 96.1 Å². The Kier molecular flexibility index (Phi) is 6.31. The zero-order chi connectivity index (χ0) is 28.5. The van der Waals surface area contributed by atoms with Crippen molar-refractivity contribution in [3.63, 3.8) is 0 Å². The van der Waals surface area contributed by atoms with Crippen LogP contribution in [0.15, 0.2) is 97.1 Å². The topological polar surface area (TPSA) is 0 Å². The van der Waals surface area contributed by atoms with Gasteiger partial charge in [0, 0.05) is 19.5 Å². The SMILES string of the molecule is Cc1cc(C)c(-c2cc3c(s2)-c2sc(-c4c(C)cc(C)cc4C)cc2[Si]3(c2ccccc2)c2ccccc2)c(C)c1. The average Bonchev–Trinajstić information content (AvgIpc) is 3.60. The van der Waals surface area contributed by atoms with Crippen LogP contribution in [-0.2, 0) is 0 Å². The molecule has 7 rings (SSSR count). The fourth-order valence-electron chi connectivity index (χ4n) is 7.37. The third kappa shape index (κ3) is 3.98. The molecular weight excluding hydrogens is 549 g/mol. The molecule has 3 heteroatoms. The van der Waals surface area contributed by atoms with Crippen LogP contribution in [0.4, 0.5) is 0 Å². The number of fused-ring (bicyclic) bond motifs is 3. The number of benzene rings is 4. The van der Waals surface area contributed by atoms with Crippen molar-refractivity contribution in [2.24, 2.45) is 0 Å². The second-order valence-corrected chi connectivity index (χ2v) is 17.6. The number of hydrogen-bond acceptors (Lipinski definition) is 2. The molecular formula is C38H34S2Si. The van der Waals surface area contributed by atoms with Crippen LogP contribution >= 0.6 is 22.7 Å². The quantitative estimate of drug-likeness (QED) is 0.183. The van der Waals surface area contributed by atoms with Crippen LogP contribution in [0, 0.1) is 41.5 Å². The molecule has 41 heavy (non-hydrogen) atoms. The van der Waals surface area contributed by atoms with Gasteiger partial charge in [0.25, 0.3) is 0 Å². The number of hydrogen-bond donors (Lipinski definition) is 0. The molecule has 0 N–H and O–H groups in total. The van der Waals surface area contributed by atoms with E-state index in [1.54, 1.807) is 10.4 Å². The Morgan fingerprint density at radius 2 is 0.780 bits per heavy atom. The average molecular weight is 583 g/mol. The molecule has 0 spiro atoms. The molecule has 2 aromatic heterocycles. The lowest BCUT2D eigenvalue weighted by molar-refractivity contribution is 1.33. The Morgan fingerprint density at radius 1 is 0.439 bits per heavy atom. The molecule has 6 aromatic rings. The van der Waals surface area contributed by atoms with E-state index in [4.69, 9.17) is 0 Å². The molecule has 4 aromatic carbocycles. The monoisotopic (exact) mass is 582 g/mol. The summed E-state index contributed by atoms with van der Waals surface area (Å²) < 4.78 is 0. The first-order valence-corrected chi connectivity index (χ1v) is 18.0. The molecule has 0 atom stereocenters. The summed E-state index contributed by atoms with van der Waals surface area (Å²) in [6, 6.07) is 37.3. The predicted octanol–water partition coefficient (Wildman–Crippen LogP) is 8.35. The molecule has 0 saturated carbocycles. The van der Waals surface area contributed by atoms with Crippen LogP contribution in [0.1, 0.15) is 33.4 Å². The molecule has 0 nitrogen and oxygen atoms in total. The molecule has 202 valence electrons. The molecule has 0 amide bonds. The van der Waals surface area contributed by atoms with E-state index in [0.29, 0.717) is 0 Å². The summed E-state index contributed by atoms with van der Waals surface area (Å²) in [6.45, 7) is 13.5. The lowest BCUT2D eigenvalue weighted by Gasteiger charge is -2.30. The third-order valence-electron chi connectivity index (χ3n) is 8.74. The van der Waals surface area contributed by atoms with Gasteiger partial charge < -0.3 is 0 Å². The van der Waals surface area contributed by atoms with Crippen LogP contribution < -0.4 is 20.7 Å². The molecule has 0 fully saturated rings. The highest BCUT2D eigenvalue weighted by atomic mass is 32.1. The number of aryl methyl sites for hydroxylation is 6.